The predicted octanol–water partition coefficient (Wildman–Crippen LogP) is 0.611. The molecular weight excluding hydrogens is 130 g/mol. The van der Waals surface area contributed by atoms with Crippen molar-refractivity contribution in [1.29, 1.82) is 0 Å². The summed E-state index contributed by atoms with van der Waals surface area (Å²) < 4.78 is 0. The maximum Gasteiger partial charge on any atom is 0.320 e. The van der Waals surface area contributed by atoms with Crippen molar-refractivity contribution in [3.05, 3.63) is 12.7 Å². The molecule has 0 spiro atoms. The van der Waals surface area contributed by atoms with Gasteiger partial charge in [0.15, 0.2) is 0 Å². The molecule has 0 aromatic heterocycles. The highest BCUT2D eigenvalue weighted by atomic mass is 16.4. The Balaban J connectivity index is 3.80. The summed E-state index contributed by atoms with van der Waals surface area (Å²) in [4.78, 5) is 10.3. The molecule has 0 rings (SSSR count). The van der Waals surface area contributed by atoms with Crippen molar-refractivity contribution in [3.8, 4) is 0 Å². The summed E-state index contributed by atoms with van der Waals surface area (Å²) in [6.45, 7) is 5.29. The fraction of sp³-hybridized carbons (Fsp3) is 0.571. The highest BCUT2D eigenvalue weighted by molar-refractivity contribution is 5.73. The first-order valence-corrected chi connectivity index (χ1v) is 3.19. The lowest BCUT2D eigenvalue weighted by atomic mass is 10.00. The van der Waals surface area contributed by atoms with Gasteiger partial charge in [-0.3, -0.25) is 4.79 Å². The Labute approximate surface area is 60.5 Å². The van der Waals surface area contributed by atoms with Crippen LogP contribution in [0.5, 0.6) is 0 Å². The molecule has 3 nitrogen and oxygen atoms in total. The topological polar surface area (TPSA) is 63.3 Å². The van der Waals surface area contributed by atoms with E-state index in [1.54, 1.807) is 13.0 Å². The number of aliphatic carboxylic acids is 1. The molecule has 0 aromatic carbocycles. The zero-order valence-electron chi connectivity index (χ0n) is 6.08. The quantitative estimate of drug-likeness (QED) is 0.567. The van der Waals surface area contributed by atoms with Gasteiger partial charge in [-0.1, -0.05) is 13.0 Å². The number of hydrogen-bond acceptors (Lipinski definition) is 2. The van der Waals surface area contributed by atoms with Gasteiger partial charge in [-0.2, -0.15) is 0 Å². The fourth-order valence-corrected chi connectivity index (χ4v) is 0.653. The summed E-state index contributed by atoms with van der Waals surface area (Å²) in [6.07, 6.45) is 2.32. The molecule has 0 saturated heterocycles. The van der Waals surface area contributed by atoms with E-state index in [0.717, 1.165) is 0 Å². The van der Waals surface area contributed by atoms with Gasteiger partial charge in [0.05, 0.1) is 0 Å². The second-order valence-corrected chi connectivity index (χ2v) is 2.37. The highest BCUT2D eigenvalue weighted by Gasteiger charge is 2.17. The number of carbonyl (C=O) groups is 1. The average Bonchev–Trinajstić information content (AvgIpc) is 1.87. The molecule has 0 aliphatic heterocycles. The average molecular weight is 143 g/mol. The summed E-state index contributed by atoms with van der Waals surface area (Å²) in [5.41, 5.74) is 5.30. The smallest absolute Gasteiger partial charge is 0.320 e. The number of carboxylic acids is 1. The number of rotatable bonds is 4. The van der Waals surface area contributed by atoms with Gasteiger partial charge in [0.2, 0.25) is 0 Å². The van der Waals surface area contributed by atoms with Crippen LogP contribution in [0.1, 0.15) is 13.3 Å². The summed E-state index contributed by atoms with van der Waals surface area (Å²) >= 11 is 0. The summed E-state index contributed by atoms with van der Waals surface area (Å²) in [5.74, 6) is -0.982. The molecule has 0 aromatic rings. The zero-order chi connectivity index (χ0) is 8.15. The first kappa shape index (κ1) is 9.17. The van der Waals surface area contributed by atoms with Crippen molar-refractivity contribution < 1.29 is 9.90 Å². The monoisotopic (exact) mass is 143 g/mol. The second kappa shape index (κ2) is 4.06. The van der Waals surface area contributed by atoms with Crippen LogP contribution in [-0.2, 0) is 4.79 Å². The Morgan fingerprint density at radius 2 is 2.40 bits per heavy atom. The SMILES string of the molecule is C=CC[C@@H](C)[C@@H](N)C(=O)O. The minimum Gasteiger partial charge on any atom is -0.480 e. The third-order valence-electron chi connectivity index (χ3n) is 1.44. The lowest BCUT2D eigenvalue weighted by Crippen LogP contribution is -2.36. The van der Waals surface area contributed by atoms with E-state index >= 15 is 0 Å². The Morgan fingerprint density at radius 1 is 1.90 bits per heavy atom. The van der Waals surface area contributed by atoms with E-state index in [1.165, 1.54) is 0 Å². The minimum atomic E-state index is -0.950. The zero-order valence-corrected chi connectivity index (χ0v) is 6.08. The third kappa shape index (κ3) is 2.64. The van der Waals surface area contributed by atoms with Crippen LogP contribution in [0.3, 0.4) is 0 Å². The molecule has 0 aliphatic rings. The Morgan fingerprint density at radius 3 is 2.70 bits per heavy atom. The van der Waals surface area contributed by atoms with Crippen LogP contribution in [0.15, 0.2) is 12.7 Å². The van der Waals surface area contributed by atoms with E-state index in [0.29, 0.717) is 6.42 Å². The van der Waals surface area contributed by atoms with E-state index < -0.39 is 12.0 Å². The Kier molecular flexibility index (Phi) is 3.72. The van der Waals surface area contributed by atoms with Crippen molar-refractivity contribution >= 4 is 5.97 Å². The number of allylic oxidation sites excluding steroid dienone is 1. The molecule has 10 heavy (non-hydrogen) atoms. The lowest BCUT2D eigenvalue weighted by Gasteiger charge is -2.12. The highest BCUT2D eigenvalue weighted by Crippen LogP contribution is 2.05. The molecule has 2 atom stereocenters. The van der Waals surface area contributed by atoms with E-state index in [9.17, 15) is 4.79 Å². The van der Waals surface area contributed by atoms with Crippen molar-refractivity contribution in [2.45, 2.75) is 19.4 Å². The molecule has 0 amide bonds. The van der Waals surface area contributed by atoms with Gasteiger partial charge in [-0.15, -0.1) is 6.58 Å². The van der Waals surface area contributed by atoms with E-state index in [2.05, 4.69) is 6.58 Å². The molecule has 3 N–H and O–H groups in total. The summed E-state index contributed by atoms with van der Waals surface area (Å²) in [6, 6.07) is -0.766. The van der Waals surface area contributed by atoms with E-state index in [1.807, 2.05) is 0 Å². The van der Waals surface area contributed by atoms with Gasteiger partial charge in [0.25, 0.3) is 0 Å². The van der Waals surface area contributed by atoms with E-state index in [4.69, 9.17) is 10.8 Å². The molecule has 0 fully saturated rings. The molecular formula is C7H13NO2. The van der Waals surface area contributed by atoms with Gasteiger partial charge in [-0.05, 0) is 12.3 Å². The Bertz CT molecular complexity index is 134. The molecule has 3 heteroatoms. The minimum absolute atomic E-state index is 0.0324. The van der Waals surface area contributed by atoms with Crippen LogP contribution >= 0.6 is 0 Å². The fourth-order valence-electron chi connectivity index (χ4n) is 0.653. The molecule has 0 radical (unpaired) electrons. The predicted molar refractivity (Wildman–Crippen MR) is 39.6 cm³/mol. The van der Waals surface area contributed by atoms with Crippen LogP contribution < -0.4 is 5.73 Å². The largest absolute Gasteiger partial charge is 0.480 e. The molecule has 0 aliphatic carbocycles. The van der Waals surface area contributed by atoms with Gasteiger partial charge >= 0.3 is 5.97 Å². The van der Waals surface area contributed by atoms with Crippen LogP contribution in [0, 0.1) is 5.92 Å². The van der Waals surface area contributed by atoms with Crippen LogP contribution in [0.4, 0.5) is 0 Å². The normalized spacial score (nSPS) is 15.8. The van der Waals surface area contributed by atoms with Crippen molar-refractivity contribution in [2.24, 2.45) is 11.7 Å². The van der Waals surface area contributed by atoms with Crippen molar-refractivity contribution in [3.63, 3.8) is 0 Å². The van der Waals surface area contributed by atoms with Gasteiger partial charge < -0.3 is 10.8 Å². The number of hydrogen-bond donors (Lipinski definition) is 2. The van der Waals surface area contributed by atoms with E-state index in [-0.39, 0.29) is 5.92 Å². The maximum atomic E-state index is 10.3. The standard InChI is InChI=1S/C7H13NO2/c1-3-4-5(2)6(8)7(9)10/h3,5-6H,1,4,8H2,2H3,(H,9,10)/t5-,6-/m1/s1. The number of carboxylic acid groups (broad SMARTS) is 1. The molecule has 0 heterocycles. The molecule has 0 unspecified atom stereocenters. The van der Waals surface area contributed by atoms with Gasteiger partial charge in [0.1, 0.15) is 6.04 Å². The first-order chi connectivity index (χ1) is 4.59. The Hall–Kier alpha value is -0.830. The maximum absolute atomic E-state index is 10.3. The van der Waals surface area contributed by atoms with Crippen LogP contribution in [0.25, 0.3) is 0 Å². The van der Waals surface area contributed by atoms with Gasteiger partial charge in [0, 0.05) is 0 Å². The third-order valence-corrected chi connectivity index (χ3v) is 1.44. The number of nitrogens with two attached hydrogens (primary N) is 1. The van der Waals surface area contributed by atoms with Crippen LogP contribution in [-0.4, -0.2) is 17.1 Å². The first-order valence-electron chi connectivity index (χ1n) is 3.19. The van der Waals surface area contributed by atoms with Crippen LogP contribution in [0.2, 0.25) is 0 Å². The molecule has 58 valence electrons. The van der Waals surface area contributed by atoms with Crippen molar-refractivity contribution in [1.82, 2.24) is 0 Å². The molecule has 0 bridgehead atoms. The van der Waals surface area contributed by atoms with Gasteiger partial charge in [-0.25, -0.2) is 0 Å². The lowest BCUT2D eigenvalue weighted by molar-refractivity contribution is -0.139. The molecule has 0 saturated carbocycles. The summed E-state index contributed by atoms with van der Waals surface area (Å²) in [5, 5.41) is 8.42. The summed E-state index contributed by atoms with van der Waals surface area (Å²) in [7, 11) is 0. The van der Waals surface area contributed by atoms with Crippen molar-refractivity contribution in [2.75, 3.05) is 0 Å². The second-order valence-electron chi connectivity index (χ2n) is 2.37.